The number of benzene rings is 2. The van der Waals surface area contributed by atoms with Gasteiger partial charge in [-0.05, 0) is 36.6 Å². The van der Waals surface area contributed by atoms with E-state index in [1.165, 1.54) is 13.8 Å². The zero-order valence-electron chi connectivity index (χ0n) is 13.9. The lowest BCUT2D eigenvalue weighted by Crippen LogP contribution is -2.06. The number of phosphoric acid groups is 1. The molecular weight excluding hydrogens is 343 g/mol. The van der Waals surface area contributed by atoms with Crippen LogP contribution in [0.5, 0.6) is 0 Å². The molecule has 0 aliphatic rings. The quantitative estimate of drug-likeness (QED) is 0.341. The Morgan fingerprint density at radius 1 is 1.12 bits per heavy atom. The molecule has 0 fully saturated rings. The first kappa shape index (κ1) is 19.1. The smallest absolute Gasteiger partial charge is 0.300 e. The van der Waals surface area contributed by atoms with Crippen LogP contribution in [0.1, 0.15) is 19.4 Å². The summed E-state index contributed by atoms with van der Waals surface area (Å²) in [6.07, 6.45) is 1.62. The van der Waals surface area contributed by atoms with Crippen molar-refractivity contribution in [3.05, 3.63) is 65.7 Å². The van der Waals surface area contributed by atoms with Crippen molar-refractivity contribution in [3.63, 3.8) is 0 Å². The maximum Gasteiger partial charge on any atom is 0.508 e. The Balaban J connectivity index is 2.17. The average molecular weight is 362 g/mol. The zero-order chi connectivity index (χ0) is 18.3. The lowest BCUT2D eigenvalue weighted by atomic mass is 9.98. The van der Waals surface area contributed by atoms with E-state index < -0.39 is 13.8 Å². The molecule has 6 nitrogen and oxygen atoms in total. The van der Waals surface area contributed by atoms with Crippen LogP contribution in [0.4, 0.5) is 0 Å². The third-order valence-corrected chi connectivity index (χ3v) is 4.09. The molecule has 1 atom stereocenters. The number of rotatable bonds is 7. The van der Waals surface area contributed by atoms with E-state index in [0.717, 1.165) is 16.7 Å². The van der Waals surface area contributed by atoms with Crippen LogP contribution in [-0.2, 0) is 23.4 Å². The fraction of sp³-hybridized carbons (Fsp3) is 0.167. The van der Waals surface area contributed by atoms with Crippen molar-refractivity contribution in [3.8, 4) is 11.1 Å². The minimum Gasteiger partial charge on any atom is -0.300 e. The van der Waals surface area contributed by atoms with Gasteiger partial charge in [0, 0.05) is 5.57 Å². The second-order valence-corrected chi connectivity index (χ2v) is 6.46. The van der Waals surface area contributed by atoms with E-state index in [-0.39, 0.29) is 12.2 Å². The van der Waals surface area contributed by atoms with Crippen molar-refractivity contribution in [2.24, 2.45) is 0 Å². The molecule has 2 aromatic carbocycles. The van der Waals surface area contributed by atoms with Gasteiger partial charge in [0.05, 0.1) is 6.61 Å². The SMILES string of the molecule is CCOP(=O)(O)OOC(=O)C(C)=Cc1ccccc1-c1ccccc1. The van der Waals surface area contributed by atoms with Crippen LogP contribution in [0.3, 0.4) is 0 Å². The second-order valence-electron chi connectivity index (χ2n) is 5.11. The van der Waals surface area contributed by atoms with Crippen molar-refractivity contribution < 1.29 is 28.3 Å². The first-order chi connectivity index (χ1) is 11.9. The van der Waals surface area contributed by atoms with Crippen LogP contribution in [0.25, 0.3) is 17.2 Å². The highest BCUT2D eigenvalue weighted by Gasteiger charge is 2.24. The molecule has 7 heteroatoms. The number of hydrogen-bond donors (Lipinski definition) is 1. The Morgan fingerprint density at radius 2 is 1.76 bits per heavy atom. The first-order valence-corrected chi connectivity index (χ1v) is 9.13. The van der Waals surface area contributed by atoms with Crippen LogP contribution < -0.4 is 0 Å². The summed E-state index contributed by atoms with van der Waals surface area (Å²) in [6, 6.07) is 17.3. The van der Waals surface area contributed by atoms with Gasteiger partial charge >= 0.3 is 13.8 Å². The number of phosphoric ester groups is 1. The molecule has 2 rings (SSSR count). The third-order valence-electron chi connectivity index (χ3n) is 3.24. The molecule has 0 amide bonds. The first-order valence-electron chi connectivity index (χ1n) is 7.63. The summed E-state index contributed by atoms with van der Waals surface area (Å²) in [4.78, 5) is 25.6. The number of carbonyl (C=O) groups excluding carboxylic acids is 1. The summed E-state index contributed by atoms with van der Waals surface area (Å²) in [5.74, 6) is -0.878. The van der Waals surface area contributed by atoms with Crippen LogP contribution in [0, 0.1) is 0 Å². The highest BCUT2D eigenvalue weighted by molar-refractivity contribution is 7.47. The summed E-state index contributed by atoms with van der Waals surface area (Å²) >= 11 is 0. The maximum atomic E-state index is 11.9. The zero-order valence-corrected chi connectivity index (χ0v) is 14.8. The van der Waals surface area contributed by atoms with Gasteiger partial charge < -0.3 is 4.89 Å². The van der Waals surface area contributed by atoms with E-state index in [1.807, 2.05) is 54.6 Å². The molecule has 25 heavy (non-hydrogen) atoms. The molecule has 0 aliphatic heterocycles. The lowest BCUT2D eigenvalue weighted by Gasteiger charge is -2.10. The van der Waals surface area contributed by atoms with Crippen LogP contribution >= 0.6 is 7.82 Å². The Bertz CT molecular complexity index is 800. The van der Waals surface area contributed by atoms with Crippen molar-refractivity contribution in [1.29, 1.82) is 0 Å². The van der Waals surface area contributed by atoms with E-state index in [2.05, 4.69) is 14.1 Å². The molecule has 0 radical (unpaired) electrons. The molecule has 0 aromatic heterocycles. The molecule has 0 saturated carbocycles. The van der Waals surface area contributed by atoms with Gasteiger partial charge in [0.1, 0.15) is 0 Å². The Hall–Kier alpha value is -2.24. The number of hydrogen-bond acceptors (Lipinski definition) is 5. The van der Waals surface area contributed by atoms with Gasteiger partial charge in [-0.1, -0.05) is 59.3 Å². The second kappa shape index (κ2) is 8.74. The topological polar surface area (TPSA) is 82.1 Å². The predicted octanol–water partition coefficient (Wildman–Crippen LogP) is 4.37. The van der Waals surface area contributed by atoms with E-state index >= 15 is 0 Å². The Labute approximate surface area is 146 Å². The third kappa shape index (κ3) is 5.66. The van der Waals surface area contributed by atoms with Crippen molar-refractivity contribution in [2.75, 3.05) is 6.61 Å². The highest BCUT2D eigenvalue weighted by atomic mass is 31.2. The Kier molecular flexibility index (Phi) is 6.67. The van der Waals surface area contributed by atoms with Crippen molar-refractivity contribution in [1.82, 2.24) is 0 Å². The van der Waals surface area contributed by atoms with Gasteiger partial charge in [0.25, 0.3) is 0 Å². The minimum absolute atomic E-state index is 0.0510. The molecule has 1 N–H and O–H groups in total. The molecule has 0 heterocycles. The summed E-state index contributed by atoms with van der Waals surface area (Å²) in [5.41, 5.74) is 2.96. The molecule has 2 aromatic rings. The summed E-state index contributed by atoms with van der Waals surface area (Å²) in [7, 11) is -4.40. The maximum absolute atomic E-state index is 11.9. The lowest BCUT2D eigenvalue weighted by molar-refractivity contribution is -0.218. The fourth-order valence-corrected chi connectivity index (χ4v) is 2.66. The predicted molar refractivity (Wildman–Crippen MR) is 94.2 cm³/mol. The average Bonchev–Trinajstić information content (AvgIpc) is 2.61. The minimum atomic E-state index is -4.40. The van der Waals surface area contributed by atoms with Gasteiger partial charge in [-0.25, -0.2) is 9.36 Å². The van der Waals surface area contributed by atoms with Gasteiger partial charge in [-0.3, -0.25) is 9.41 Å². The van der Waals surface area contributed by atoms with Gasteiger partial charge in [-0.2, -0.15) is 0 Å². The molecule has 0 saturated heterocycles. The van der Waals surface area contributed by atoms with Gasteiger partial charge in [-0.15, -0.1) is 0 Å². The molecule has 0 bridgehead atoms. The van der Waals surface area contributed by atoms with E-state index in [4.69, 9.17) is 0 Å². The summed E-state index contributed by atoms with van der Waals surface area (Å²) < 4.78 is 20.0. The van der Waals surface area contributed by atoms with Gasteiger partial charge in [0.2, 0.25) is 0 Å². The van der Waals surface area contributed by atoms with Crippen LogP contribution in [0.15, 0.2) is 60.2 Å². The van der Waals surface area contributed by atoms with Gasteiger partial charge in [0.15, 0.2) is 0 Å². The summed E-state index contributed by atoms with van der Waals surface area (Å²) in [5, 5.41) is 0. The molecule has 132 valence electrons. The summed E-state index contributed by atoms with van der Waals surface area (Å²) in [6.45, 7) is 2.99. The molecular formula is C18H19O6P. The monoisotopic (exact) mass is 362 g/mol. The highest BCUT2D eigenvalue weighted by Crippen LogP contribution is 2.43. The molecule has 0 aliphatic carbocycles. The number of carbonyl (C=O) groups is 1. The van der Waals surface area contributed by atoms with E-state index in [0.29, 0.717) is 0 Å². The standard InChI is InChI=1S/C18H19O6P/c1-3-22-25(20,21)24-23-18(19)14(2)13-16-11-7-8-12-17(16)15-9-5-4-6-10-15/h4-13H,3H2,1-2H3,(H,20,21). The van der Waals surface area contributed by atoms with Crippen LogP contribution in [0.2, 0.25) is 0 Å². The normalized spacial score (nSPS) is 14.0. The molecule has 0 spiro atoms. The molecule has 1 unspecified atom stereocenters. The fourth-order valence-electron chi connectivity index (χ4n) is 2.13. The van der Waals surface area contributed by atoms with Crippen molar-refractivity contribution >= 4 is 19.9 Å². The van der Waals surface area contributed by atoms with Crippen molar-refractivity contribution in [2.45, 2.75) is 13.8 Å². The Morgan fingerprint density at radius 3 is 2.44 bits per heavy atom. The largest absolute Gasteiger partial charge is 0.508 e. The van der Waals surface area contributed by atoms with E-state index in [9.17, 15) is 14.3 Å². The van der Waals surface area contributed by atoms with E-state index in [1.54, 1.807) is 6.08 Å². The van der Waals surface area contributed by atoms with Crippen LogP contribution in [-0.4, -0.2) is 17.5 Å².